The zero-order chi connectivity index (χ0) is 96.7. The van der Waals surface area contributed by atoms with E-state index in [9.17, 15) is 19.2 Å². The van der Waals surface area contributed by atoms with Gasteiger partial charge in [-0.05, 0) is 324 Å². The van der Waals surface area contributed by atoms with Crippen LogP contribution in [0.3, 0.4) is 0 Å². The molecule has 4 N–H and O–H groups in total. The van der Waals surface area contributed by atoms with Gasteiger partial charge in [0.05, 0.1) is 36.7 Å². The molecular formula is C117H132N16O7. The molecule has 140 heavy (non-hydrogen) atoms. The van der Waals surface area contributed by atoms with Gasteiger partial charge in [-0.1, -0.05) is 124 Å². The van der Waals surface area contributed by atoms with Gasteiger partial charge in [0.1, 0.15) is 24.1 Å². The van der Waals surface area contributed by atoms with Crippen molar-refractivity contribution in [1.29, 1.82) is 5.26 Å². The minimum Gasteiger partial charge on any atom is -0.384 e. The van der Waals surface area contributed by atoms with Gasteiger partial charge >= 0.3 is 0 Å². The van der Waals surface area contributed by atoms with Crippen LogP contribution in [0.4, 0.5) is 0 Å². The van der Waals surface area contributed by atoms with Crippen LogP contribution in [0.1, 0.15) is 337 Å². The number of hydrogen-bond acceptors (Lipinski definition) is 15. The van der Waals surface area contributed by atoms with Crippen molar-refractivity contribution in [3.05, 3.63) is 286 Å². The van der Waals surface area contributed by atoms with Gasteiger partial charge in [-0.2, -0.15) is 20.6 Å². The number of aromatic amines is 4. The second kappa shape index (κ2) is 45.9. The highest BCUT2D eigenvalue weighted by Gasteiger charge is 2.37. The van der Waals surface area contributed by atoms with Crippen molar-refractivity contribution < 1.29 is 33.4 Å². The van der Waals surface area contributed by atoms with Crippen LogP contribution in [0.25, 0.3) is 45.6 Å². The molecule has 23 heteroatoms. The van der Waals surface area contributed by atoms with Gasteiger partial charge in [0, 0.05) is 141 Å². The van der Waals surface area contributed by atoms with E-state index in [-0.39, 0.29) is 31.1 Å². The molecule has 4 aromatic heterocycles. The summed E-state index contributed by atoms with van der Waals surface area (Å²) in [6.45, 7) is 17.6. The summed E-state index contributed by atoms with van der Waals surface area (Å²) in [4.78, 5) is 84.5. The fraction of sp³-hybridized carbons (Fsp3) is 0.419. The van der Waals surface area contributed by atoms with Gasteiger partial charge in [-0.25, -0.2) is 19.9 Å². The summed E-state index contributed by atoms with van der Waals surface area (Å²) in [7, 11) is 5.00. The summed E-state index contributed by atoms with van der Waals surface area (Å²) in [5.41, 5.74) is 25.8. The molecule has 8 aliphatic rings. The Morgan fingerprint density at radius 2 is 0.671 bits per heavy atom. The molecule has 4 amide bonds. The molecule has 8 fully saturated rings. The Hall–Kier alpha value is -13.7. The molecule has 722 valence electrons. The Kier molecular flexibility index (Phi) is 32.6. The number of piperidine rings is 4. The van der Waals surface area contributed by atoms with E-state index in [1.165, 1.54) is 122 Å². The van der Waals surface area contributed by atoms with Crippen LogP contribution in [0.15, 0.2) is 152 Å². The van der Waals surface area contributed by atoms with Crippen LogP contribution in [0, 0.1) is 83.0 Å². The number of amides is 4. The van der Waals surface area contributed by atoms with Crippen LogP contribution < -0.4 is 0 Å². The molecule has 20 rings (SSSR count). The number of methoxy groups -OCH3 is 3. The van der Waals surface area contributed by atoms with Crippen molar-refractivity contribution in [2.24, 2.45) is 0 Å². The fourth-order valence-electron chi connectivity index (χ4n) is 21.1. The number of hydrogen-bond donors (Lipinski definition) is 4. The maximum atomic E-state index is 13.7. The monoisotopic (exact) mass is 1870 g/mol. The molecule has 0 unspecified atom stereocenters. The van der Waals surface area contributed by atoms with Gasteiger partial charge in [-0.3, -0.25) is 34.5 Å². The van der Waals surface area contributed by atoms with E-state index in [0.717, 1.165) is 210 Å². The lowest BCUT2D eigenvalue weighted by Gasteiger charge is -2.33. The lowest BCUT2D eigenvalue weighted by atomic mass is 9.77. The largest absolute Gasteiger partial charge is 0.384 e. The fourth-order valence-corrected chi connectivity index (χ4v) is 21.1. The van der Waals surface area contributed by atoms with Crippen LogP contribution in [0.5, 0.6) is 0 Å². The molecular weight excluding hydrogens is 1740 g/mol. The maximum Gasteiger partial charge on any atom is 0.254 e. The Balaban J connectivity index is 0.000000134. The molecule has 0 spiro atoms. The van der Waals surface area contributed by atoms with Gasteiger partial charge in [0.2, 0.25) is 0 Å². The first kappa shape index (κ1) is 99.3. The van der Waals surface area contributed by atoms with E-state index in [1.54, 1.807) is 21.3 Å². The van der Waals surface area contributed by atoms with Crippen molar-refractivity contribution in [3.63, 3.8) is 0 Å². The number of aromatic nitrogens is 11. The maximum absolute atomic E-state index is 13.7. The smallest absolute Gasteiger partial charge is 0.254 e. The lowest BCUT2D eigenvalue weighted by molar-refractivity contribution is 0.0704. The van der Waals surface area contributed by atoms with Crippen molar-refractivity contribution in [3.8, 4) is 88.7 Å². The molecule has 0 radical (unpaired) electrons. The minimum absolute atomic E-state index is 0. The molecule has 8 heterocycles. The third-order valence-electron chi connectivity index (χ3n) is 30.4. The second-order valence-corrected chi connectivity index (χ2v) is 39.1. The van der Waals surface area contributed by atoms with Crippen molar-refractivity contribution in [2.75, 3.05) is 80.3 Å². The molecule has 23 nitrogen and oxygen atoms in total. The highest BCUT2D eigenvalue weighted by molar-refractivity contribution is 6.00. The summed E-state index contributed by atoms with van der Waals surface area (Å²) in [6, 6.07) is 51.8. The predicted octanol–water partition coefficient (Wildman–Crippen LogP) is 22.1. The number of imidazole rings is 1. The number of terminal acetylenes is 3. The third kappa shape index (κ3) is 22.7. The Morgan fingerprint density at radius 3 is 0.964 bits per heavy atom. The third-order valence-corrected chi connectivity index (χ3v) is 30.4. The predicted molar refractivity (Wildman–Crippen MR) is 549 cm³/mol. The quantitative estimate of drug-likeness (QED) is 0.0433. The van der Waals surface area contributed by atoms with Crippen LogP contribution in [0.2, 0.25) is 0 Å². The standard InChI is InChI=1S/C30H33N3O2.C29H33N5O2.C29H32N4O2.C28H30N4O.CH4/c1-4-21-8-10-22(11-9-21)23-12-14-33(15-13-23)30(34)26-17-28(29-31-18-25(32-29)19-35-3)27(16-20(26)2)24-6-5-7-24;1-19-16-25(23-4-3-5-23)26(28-31-27(32-33-28)12-15-36-2)17-24(19)29(35)34-13-10-22(11-14-34)21-8-6-20(18-30)7-9-21;1-4-20-8-10-21(11-9-20)22-12-14-33(15-13-22)29(34)24-17-26(28-30-27(18-35-3)31-32-28)25(16-19(24)2)23-6-5-7-23;1-4-20-8-10-21(11-9-20)22-12-14-32(15-13-22)28(33)24-17-26(27-29-19(3)30-31-27)25(16-18(24)2)23-6-5-7-23;/h1,8-11,16-18,23-24H,5-7,12-15,19H2,2-3H3,(H,31,32);6-9,16-17,22-23H,3-5,10-15H2,1-2H3,(H,31,32,33);1,8-11,16-17,22-23H,5-7,12-15,18H2,2-3H3,(H,30,31,32);1,8-11,16-17,22-23H,5-7,12-15H2,2-3H3,(H,29,30,31);1H4. The number of carbonyl (C=O) groups is 4. The zero-order valence-corrected chi connectivity index (χ0v) is 81.6. The number of ether oxygens (including phenoxy) is 3. The Labute approximate surface area is 825 Å². The first-order chi connectivity index (χ1) is 67.7. The summed E-state index contributed by atoms with van der Waals surface area (Å²) in [5, 5.41) is 31.4. The number of carbonyl (C=O) groups excluding carboxylic acids is 4. The summed E-state index contributed by atoms with van der Waals surface area (Å²) >= 11 is 0. The molecule has 4 aliphatic heterocycles. The summed E-state index contributed by atoms with van der Waals surface area (Å²) in [6.07, 6.45) is 41.0. The Morgan fingerprint density at radius 1 is 0.371 bits per heavy atom. The summed E-state index contributed by atoms with van der Waals surface area (Å²) < 4.78 is 15.6. The molecule has 4 saturated carbocycles. The number of nitrogens with one attached hydrogen (secondary N) is 4. The van der Waals surface area contributed by atoms with Crippen LogP contribution >= 0.6 is 0 Å². The molecule has 8 aromatic carbocycles. The number of rotatable bonds is 23. The van der Waals surface area contributed by atoms with Crippen LogP contribution in [-0.2, 0) is 33.8 Å². The molecule has 4 saturated heterocycles. The zero-order valence-electron chi connectivity index (χ0n) is 81.6. The van der Waals surface area contributed by atoms with Crippen molar-refractivity contribution >= 4 is 23.6 Å². The van der Waals surface area contributed by atoms with E-state index in [0.29, 0.717) is 102 Å². The first-order valence-corrected chi connectivity index (χ1v) is 49.9. The van der Waals surface area contributed by atoms with Gasteiger partial charge in [-0.15, -0.1) is 19.3 Å². The number of benzene rings is 8. The second-order valence-electron chi connectivity index (χ2n) is 39.1. The van der Waals surface area contributed by atoms with Gasteiger partial charge in [0.25, 0.3) is 23.6 Å². The van der Waals surface area contributed by atoms with Crippen LogP contribution in [-0.4, -0.2) is 179 Å². The average Bonchev–Trinajstić information content (AvgIpc) is 1.33. The molecule has 4 aliphatic carbocycles. The molecule has 12 aromatic rings. The highest BCUT2D eigenvalue weighted by Crippen LogP contribution is 2.48. The molecule has 0 bridgehead atoms. The normalized spacial score (nSPS) is 16.6. The van der Waals surface area contributed by atoms with E-state index in [2.05, 4.69) is 155 Å². The van der Waals surface area contributed by atoms with Gasteiger partial charge in [0.15, 0.2) is 23.3 Å². The Bertz CT molecular complexity index is 6330. The number of aryl methyl sites for hydroxylation is 5. The number of nitriles is 1. The number of nitrogens with zero attached hydrogens (tertiary/aromatic N) is 12. The number of likely N-dealkylation sites (tertiary alicyclic amines) is 4. The van der Waals surface area contributed by atoms with E-state index >= 15 is 0 Å². The van der Waals surface area contributed by atoms with E-state index in [1.807, 2.05) is 125 Å². The first-order valence-electron chi connectivity index (χ1n) is 49.9. The highest BCUT2D eigenvalue weighted by atomic mass is 16.5. The van der Waals surface area contributed by atoms with Crippen molar-refractivity contribution in [1.82, 2.24) is 75.1 Å². The van der Waals surface area contributed by atoms with Crippen molar-refractivity contribution in [2.45, 2.75) is 237 Å². The van der Waals surface area contributed by atoms with E-state index in [4.69, 9.17) is 43.7 Å². The number of H-pyrrole nitrogens is 4. The summed E-state index contributed by atoms with van der Waals surface area (Å²) in [5.74, 6) is 17.4. The minimum atomic E-state index is 0. The lowest BCUT2D eigenvalue weighted by Crippen LogP contribution is -2.38. The average molecular weight is 1870 g/mol. The SMILES string of the molecule is C.C#Cc1ccc(C2CCN(C(=O)c3cc(-c4n[nH]c(C)n4)c(C4CCC4)cc3C)CC2)cc1.C#Cc1ccc(C2CCN(C(=O)c3cc(-c4n[nH]c(COC)n4)c(C4CCC4)cc3C)CC2)cc1.C#Cc1ccc(C2CCN(C(=O)c3cc(-c4ncc(COC)[nH]4)c(C4CCC4)cc3C)CC2)cc1.COCCc1nc(-c2cc(C(=O)N3CCC(c4ccc(C#N)cc4)CC3)c(C)cc2C2CCC2)n[nH]1. The molecule has 0 atom stereocenters. The van der Waals surface area contributed by atoms with E-state index < -0.39 is 0 Å². The topological polar surface area (TPSA) is 286 Å². The van der Waals surface area contributed by atoms with Gasteiger partial charge < -0.3 is 38.8 Å².